The lowest BCUT2D eigenvalue weighted by molar-refractivity contribution is 0.0832. The second-order valence-electron chi connectivity index (χ2n) is 4.80. The molecule has 0 aliphatic carbocycles. The van der Waals surface area contributed by atoms with E-state index in [2.05, 4.69) is 12.2 Å². The number of rotatable bonds is 4. The highest BCUT2D eigenvalue weighted by Crippen LogP contribution is 2.16. The molecule has 1 aromatic carbocycles. The maximum atomic E-state index is 13.1. The van der Waals surface area contributed by atoms with E-state index in [1.54, 1.807) is 6.92 Å². The number of halogens is 1. The summed E-state index contributed by atoms with van der Waals surface area (Å²) in [4.78, 5) is 0. The van der Waals surface area contributed by atoms with Crippen LogP contribution in [-0.2, 0) is 11.3 Å². The number of ether oxygens (including phenoxy) is 1. The van der Waals surface area contributed by atoms with Gasteiger partial charge in [-0.2, -0.15) is 0 Å². The fourth-order valence-corrected chi connectivity index (χ4v) is 2.22. The fourth-order valence-electron chi connectivity index (χ4n) is 2.22. The molecule has 2 nitrogen and oxygen atoms in total. The maximum Gasteiger partial charge on any atom is 0.126 e. The molecule has 1 aromatic rings. The van der Waals surface area contributed by atoms with Crippen molar-refractivity contribution < 1.29 is 9.13 Å². The minimum Gasteiger partial charge on any atom is -0.377 e. The summed E-state index contributed by atoms with van der Waals surface area (Å²) >= 11 is 0. The van der Waals surface area contributed by atoms with Gasteiger partial charge in [0, 0.05) is 19.2 Å². The molecule has 0 amide bonds. The first-order valence-corrected chi connectivity index (χ1v) is 6.27. The number of hydrogen-bond donors (Lipinski definition) is 1. The summed E-state index contributed by atoms with van der Waals surface area (Å²) in [6.07, 6.45) is 2.62. The van der Waals surface area contributed by atoms with Crippen LogP contribution in [0.3, 0.4) is 0 Å². The van der Waals surface area contributed by atoms with Crippen molar-refractivity contribution in [2.75, 3.05) is 6.61 Å². The van der Waals surface area contributed by atoms with Crippen LogP contribution in [0.1, 0.15) is 30.9 Å². The number of aryl methyl sites for hydroxylation is 1. The average molecular weight is 237 g/mol. The van der Waals surface area contributed by atoms with Gasteiger partial charge in [0.05, 0.1) is 6.10 Å². The van der Waals surface area contributed by atoms with Gasteiger partial charge in [-0.15, -0.1) is 0 Å². The summed E-state index contributed by atoms with van der Waals surface area (Å²) in [7, 11) is 0. The van der Waals surface area contributed by atoms with Gasteiger partial charge in [-0.25, -0.2) is 4.39 Å². The van der Waals surface area contributed by atoms with Gasteiger partial charge < -0.3 is 10.1 Å². The zero-order chi connectivity index (χ0) is 12.3. The first kappa shape index (κ1) is 12.5. The quantitative estimate of drug-likeness (QED) is 0.869. The molecule has 0 radical (unpaired) electrons. The molecule has 2 unspecified atom stereocenters. The third-order valence-electron chi connectivity index (χ3n) is 3.37. The van der Waals surface area contributed by atoms with E-state index in [-0.39, 0.29) is 5.82 Å². The lowest BCUT2D eigenvalue weighted by atomic mass is 10.1. The van der Waals surface area contributed by atoms with Crippen molar-refractivity contribution in [2.45, 2.75) is 45.4 Å². The van der Waals surface area contributed by atoms with E-state index in [9.17, 15) is 4.39 Å². The van der Waals surface area contributed by atoms with Gasteiger partial charge in [0.1, 0.15) is 5.82 Å². The molecule has 0 bridgehead atoms. The standard InChI is InChI=1S/C14H20FNO/c1-10-8-12(5-6-13(10)15)9-16-11(2)14-4-3-7-17-14/h5-6,8,11,14,16H,3-4,7,9H2,1-2H3. The van der Waals surface area contributed by atoms with E-state index >= 15 is 0 Å². The molecule has 1 heterocycles. The summed E-state index contributed by atoms with van der Waals surface area (Å²) in [5.41, 5.74) is 1.82. The van der Waals surface area contributed by atoms with Gasteiger partial charge in [-0.3, -0.25) is 0 Å². The summed E-state index contributed by atoms with van der Waals surface area (Å²) in [5.74, 6) is -0.138. The van der Waals surface area contributed by atoms with Gasteiger partial charge in [-0.1, -0.05) is 12.1 Å². The van der Waals surface area contributed by atoms with E-state index in [4.69, 9.17) is 4.74 Å². The van der Waals surface area contributed by atoms with Crippen molar-refractivity contribution in [3.8, 4) is 0 Å². The Morgan fingerprint density at radius 2 is 2.35 bits per heavy atom. The molecule has 1 saturated heterocycles. The van der Waals surface area contributed by atoms with Crippen LogP contribution in [0.15, 0.2) is 18.2 Å². The SMILES string of the molecule is Cc1cc(CNC(C)C2CCCO2)ccc1F. The zero-order valence-electron chi connectivity index (χ0n) is 10.5. The van der Waals surface area contributed by atoms with Crippen LogP contribution in [0.5, 0.6) is 0 Å². The van der Waals surface area contributed by atoms with Gasteiger partial charge >= 0.3 is 0 Å². The highest BCUT2D eigenvalue weighted by atomic mass is 19.1. The van der Waals surface area contributed by atoms with Crippen LogP contribution >= 0.6 is 0 Å². The van der Waals surface area contributed by atoms with E-state index < -0.39 is 0 Å². The molecule has 2 rings (SSSR count). The topological polar surface area (TPSA) is 21.3 Å². The van der Waals surface area contributed by atoms with Crippen molar-refractivity contribution in [2.24, 2.45) is 0 Å². The molecule has 17 heavy (non-hydrogen) atoms. The average Bonchev–Trinajstić information content (AvgIpc) is 2.84. The van der Waals surface area contributed by atoms with Crippen molar-refractivity contribution in [1.29, 1.82) is 0 Å². The van der Waals surface area contributed by atoms with Crippen molar-refractivity contribution in [3.05, 3.63) is 35.1 Å². The molecule has 2 atom stereocenters. The Balaban J connectivity index is 1.86. The zero-order valence-corrected chi connectivity index (χ0v) is 10.5. The molecule has 1 aliphatic heterocycles. The van der Waals surface area contributed by atoms with E-state index in [1.807, 2.05) is 12.1 Å². The fraction of sp³-hybridized carbons (Fsp3) is 0.571. The minimum atomic E-state index is -0.138. The number of benzene rings is 1. The van der Waals surface area contributed by atoms with E-state index in [1.165, 1.54) is 6.07 Å². The monoisotopic (exact) mass is 237 g/mol. The van der Waals surface area contributed by atoms with Gasteiger partial charge in [-0.05, 0) is 43.9 Å². The van der Waals surface area contributed by atoms with Crippen LogP contribution in [0.4, 0.5) is 4.39 Å². The predicted molar refractivity (Wildman–Crippen MR) is 66.4 cm³/mol. The molecule has 1 aliphatic rings. The minimum absolute atomic E-state index is 0.138. The molecule has 1 fully saturated rings. The molecule has 0 saturated carbocycles. The van der Waals surface area contributed by atoms with Gasteiger partial charge in [0.25, 0.3) is 0 Å². The van der Waals surface area contributed by atoms with Crippen molar-refractivity contribution >= 4 is 0 Å². The molecule has 0 spiro atoms. The first-order valence-electron chi connectivity index (χ1n) is 6.27. The first-order chi connectivity index (χ1) is 8.16. The molecule has 0 aromatic heterocycles. The van der Waals surface area contributed by atoms with Crippen LogP contribution in [0.2, 0.25) is 0 Å². The second-order valence-corrected chi connectivity index (χ2v) is 4.80. The smallest absolute Gasteiger partial charge is 0.126 e. The third-order valence-corrected chi connectivity index (χ3v) is 3.37. The van der Waals surface area contributed by atoms with Crippen LogP contribution in [0, 0.1) is 12.7 Å². The highest BCUT2D eigenvalue weighted by molar-refractivity contribution is 5.23. The Hall–Kier alpha value is -0.930. The van der Waals surface area contributed by atoms with Gasteiger partial charge in [0.15, 0.2) is 0 Å². The molecule has 3 heteroatoms. The second kappa shape index (κ2) is 5.61. The third kappa shape index (κ3) is 3.27. The molecular weight excluding hydrogens is 217 g/mol. The summed E-state index contributed by atoms with van der Waals surface area (Å²) < 4.78 is 18.7. The van der Waals surface area contributed by atoms with Gasteiger partial charge in [0.2, 0.25) is 0 Å². The predicted octanol–water partition coefficient (Wildman–Crippen LogP) is 2.79. The molecular formula is C14H20FNO. The summed E-state index contributed by atoms with van der Waals surface area (Å²) in [5, 5.41) is 3.44. The molecule has 94 valence electrons. The number of nitrogens with one attached hydrogen (secondary N) is 1. The van der Waals surface area contributed by atoms with Crippen LogP contribution in [-0.4, -0.2) is 18.8 Å². The Kier molecular flexibility index (Phi) is 4.13. The summed E-state index contributed by atoms with van der Waals surface area (Å²) in [6, 6.07) is 5.61. The lowest BCUT2D eigenvalue weighted by Gasteiger charge is -2.20. The normalized spacial score (nSPS) is 21.7. The van der Waals surface area contributed by atoms with E-state index in [0.29, 0.717) is 17.7 Å². The Morgan fingerprint density at radius 1 is 1.53 bits per heavy atom. The van der Waals surface area contributed by atoms with Crippen LogP contribution < -0.4 is 5.32 Å². The Morgan fingerprint density at radius 3 is 3.00 bits per heavy atom. The Labute approximate surface area is 102 Å². The number of hydrogen-bond acceptors (Lipinski definition) is 2. The molecule has 1 N–H and O–H groups in total. The maximum absolute atomic E-state index is 13.1. The van der Waals surface area contributed by atoms with E-state index in [0.717, 1.165) is 31.6 Å². The highest BCUT2D eigenvalue weighted by Gasteiger charge is 2.21. The summed E-state index contributed by atoms with van der Waals surface area (Å²) in [6.45, 7) is 5.59. The Bertz CT molecular complexity index is 374. The van der Waals surface area contributed by atoms with Crippen molar-refractivity contribution in [3.63, 3.8) is 0 Å². The van der Waals surface area contributed by atoms with Crippen LogP contribution in [0.25, 0.3) is 0 Å². The van der Waals surface area contributed by atoms with Crippen molar-refractivity contribution in [1.82, 2.24) is 5.32 Å². The largest absolute Gasteiger partial charge is 0.377 e. The lowest BCUT2D eigenvalue weighted by Crippen LogP contribution is -2.36.